The minimum absolute atomic E-state index is 0.0570. The van der Waals surface area contributed by atoms with Crippen molar-refractivity contribution in [3.8, 4) is 0 Å². The van der Waals surface area contributed by atoms with E-state index in [0.717, 1.165) is 44.9 Å². The van der Waals surface area contributed by atoms with Crippen LogP contribution in [0.3, 0.4) is 0 Å². The molecule has 6 heteroatoms. The lowest BCUT2D eigenvalue weighted by atomic mass is 9.74. The molecule has 1 aliphatic heterocycles. The number of rotatable bonds is 6. The Morgan fingerprint density at radius 2 is 1.80 bits per heavy atom. The summed E-state index contributed by atoms with van der Waals surface area (Å²) in [5.74, 6) is -0.562. The van der Waals surface area contributed by atoms with E-state index in [9.17, 15) is 14.4 Å². The summed E-state index contributed by atoms with van der Waals surface area (Å²) in [7, 11) is 0. The van der Waals surface area contributed by atoms with Crippen LogP contribution in [-0.2, 0) is 33.6 Å². The number of aromatic nitrogens is 1. The number of carboxylic acids is 1. The number of amides is 1. The highest BCUT2D eigenvalue weighted by atomic mass is 16.4. The van der Waals surface area contributed by atoms with Crippen LogP contribution in [0.25, 0.3) is 0 Å². The van der Waals surface area contributed by atoms with Gasteiger partial charge >= 0.3 is 5.97 Å². The van der Waals surface area contributed by atoms with Gasteiger partial charge in [-0.1, -0.05) is 6.07 Å². The number of ketones is 1. The zero-order valence-electron chi connectivity index (χ0n) is 17.6. The smallest absolute Gasteiger partial charge is 0.323 e. The fraction of sp³-hybridized carbons (Fsp3) is 0.667. The molecule has 2 heterocycles. The van der Waals surface area contributed by atoms with E-state index in [0.29, 0.717) is 18.9 Å². The molecule has 1 saturated carbocycles. The molecule has 0 radical (unpaired) electrons. The maximum absolute atomic E-state index is 13.0. The number of nitrogens with zero attached hydrogens (tertiary/aromatic N) is 2. The molecule has 0 aromatic carbocycles. The van der Waals surface area contributed by atoms with Crippen molar-refractivity contribution in [2.75, 3.05) is 13.1 Å². The molecule has 30 heavy (non-hydrogen) atoms. The van der Waals surface area contributed by atoms with E-state index in [-0.39, 0.29) is 36.5 Å². The fourth-order valence-electron chi connectivity index (χ4n) is 5.47. The van der Waals surface area contributed by atoms with Crippen molar-refractivity contribution >= 4 is 17.7 Å². The summed E-state index contributed by atoms with van der Waals surface area (Å²) >= 11 is 0. The van der Waals surface area contributed by atoms with Crippen molar-refractivity contribution in [2.24, 2.45) is 17.8 Å². The number of carbonyl (C=O) groups is 3. The number of likely N-dealkylation sites (tertiary alicyclic amines) is 1. The second kappa shape index (κ2) is 9.27. The van der Waals surface area contributed by atoms with Crippen LogP contribution in [0.5, 0.6) is 0 Å². The zero-order chi connectivity index (χ0) is 21.1. The topological polar surface area (TPSA) is 87.6 Å². The Kier molecular flexibility index (Phi) is 6.49. The predicted molar refractivity (Wildman–Crippen MR) is 112 cm³/mol. The molecule has 2 fully saturated rings. The highest BCUT2D eigenvalue weighted by Crippen LogP contribution is 2.35. The Hall–Kier alpha value is -2.24. The molecule has 1 aromatic rings. The molecule has 1 amide bonds. The number of fused-ring (bicyclic) bond motifs is 1. The minimum atomic E-state index is -1.00. The highest BCUT2D eigenvalue weighted by molar-refractivity contribution is 5.90. The third-order valence-electron chi connectivity index (χ3n) is 7.23. The number of carboxylic acid groups (broad SMARTS) is 1. The number of carbonyl (C=O) groups excluding carboxylic acids is 2. The Balaban J connectivity index is 1.26. The SMILES string of the molecule is O=C(O)CN1CCC(C(=O)C2CCC(Cc3ccc4c(n3)CCCC4)CC2)CC1=O. The summed E-state index contributed by atoms with van der Waals surface area (Å²) in [5, 5.41) is 8.89. The van der Waals surface area contributed by atoms with Gasteiger partial charge in [-0.15, -0.1) is 0 Å². The fourth-order valence-corrected chi connectivity index (χ4v) is 5.47. The summed E-state index contributed by atoms with van der Waals surface area (Å²) < 4.78 is 0. The van der Waals surface area contributed by atoms with Crippen LogP contribution in [0.1, 0.15) is 68.3 Å². The lowest BCUT2D eigenvalue weighted by Gasteiger charge is -2.34. The quantitative estimate of drug-likeness (QED) is 0.775. The first-order valence-electron chi connectivity index (χ1n) is 11.5. The first kappa shape index (κ1) is 21.0. The molecular weight excluding hydrogens is 380 g/mol. The maximum atomic E-state index is 13.0. The van der Waals surface area contributed by atoms with Crippen molar-refractivity contribution in [3.63, 3.8) is 0 Å². The van der Waals surface area contributed by atoms with Crippen LogP contribution in [0.15, 0.2) is 12.1 Å². The normalized spacial score (nSPS) is 26.9. The number of piperidine rings is 1. The van der Waals surface area contributed by atoms with Gasteiger partial charge in [0.2, 0.25) is 5.91 Å². The summed E-state index contributed by atoms with van der Waals surface area (Å²) in [5.41, 5.74) is 3.91. The van der Waals surface area contributed by atoms with E-state index in [1.54, 1.807) is 0 Å². The number of pyridine rings is 1. The van der Waals surface area contributed by atoms with Crippen LogP contribution in [0.4, 0.5) is 0 Å². The van der Waals surface area contributed by atoms with E-state index >= 15 is 0 Å². The van der Waals surface area contributed by atoms with Gasteiger partial charge in [0.25, 0.3) is 0 Å². The van der Waals surface area contributed by atoms with Gasteiger partial charge < -0.3 is 10.0 Å². The summed E-state index contributed by atoms with van der Waals surface area (Å²) in [6.45, 7) is 0.114. The predicted octanol–water partition coefficient (Wildman–Crippen LogP) is 3.20. The molecule has 1 saturated heterocycles. The third-order valence-corrected chi connectivity index (χ3v) is 7.23. The summed E-state index contributed by atoms with van der Waals surface area (Å²) in [6.07, 6.45) is 10.4. The molecular formula is C24H32N2O4. The Bertz CT molecular complexity index is 813. The number of aryl methyl sites for hydroxylation is 2. The van der Waals surface area contributed by atoms with Crippen molar-refractivity contribution in [3.05, 3.63) is 29.1 Å². The number of aliphatic carboxylic acids is 1. The number of hydrogen-bond acceptors (Lipinski definition) is 4. The molecule has 0 bridgehead atoms. The average molecular weight is 413 g/mol. The zero-order valence-corrected chi connectivity index (χ0v) is 17.6. The molecule has 162 valence electrons. The van der Waals surface area contributed by atoms with Gasteiger partial charge in [-0.25, -0.2) is 0 Å². The lowest BCUT2D eigenvalue weighted by Crippen LogP contribution is -2.44. The largest absolute Gasteiger partial charge is 0.480 e. The molecule has 2 aliphatic carbocycles. The van der Waals surface area contributed by atoms with E-state index in [2.05, 4.69) is 12.1 Å². The van der Waals surface area contributed by atoms with Crippen LogP contribution < -0.4 is 0 Å². The minimum Gasteiger partial charge on any atom is -0.480 e. The monoisotopic (exact) mass is 412 g/mol. The van der Waals surface area contributed by atoms with Gasteiger partial charge in [-0.05, 0) is 81.8 Å². The van der Waals surface area contributed by atoms with Crippen LogP contribution in [-0.4, -0.2) is 45.7 Å². The van der Waals surface area contributed by atoms with E-state index in [1.807, 2.05) is 0 Å². The summed E-state index contributed by atoms with van der Waals surface area (Å²) in [6, 6.07) is 4.46. The van der Waals surface area contributed by atoms with Gasteiger partial charge in [-0.3, -0.25) is 19.4 Å². The Morgan fingerprint density at radius 3 is 2.53 bits per heavy atom. The Labute approximate surface area is 178 Å². The third kappa shape index (κ3) is 4.90. The van der Waals surface area contributed by atoms with Gasteiger partial charge in [0.05, 0.1) is 0 Å². The highest BCUT2D eigenvalue weighted by Gasteiger charge is 2.36. The maximum Gasteiger partial charge on any atom is 0.323 e. The molecule has 6 nitrogen and oxygen atoms in total. The lowest BCUT2D eigenvalue weighted by molar-refractivity contribution is -0.148. The van der Waals surface area contributed by atoms with Gasteiger partial charge in [0.1, 0.15) is 12.3 Å². The Morgan fingerprint density at radius 1 is 1.03 bits per heavy atom. The summed E-state index contributed by atoms with van der Waals surface area (Å²) in [4.78, 5) is 42.3. The van der Waals surface area contributed by atoms with Gasteiger partial charge in [0.15, 0.2) is 0 Å². The molecule has 1 aromatic heterocycles. The standard InChI is InChI=1S/C24H32N2O4/c27-22-14-19(11-12-26(22)15-23(28)29)24(30)18-7-5-16(6-8-18)13-20-10-9-17-3-1-2-4-21(17)25-20/h9-10,16,18-19H,1-8,11-15H2,(H,28,29). The molecule has 4 rings (SSSR count). The first-order valence-corrected chi connectivity index (χ1v) is 11.5. The number of Topliss-reactive ketones (excluding diaryl/α,β-unsaturated/α-hetero) is 1. The molecule has 3 aliphatic rings. The number of hydrogen-bond donors (Lipinski definition) is 1. The van der Waals surface area contributed by atoms with Crippen LogP contribution in [0, 0.1) is 17.8 Å². The van der Waals surface area contributed by atoms with Gasteiger partial charge in [-0.2, -0.15) is 0 Å². The molecule has 0 spiro atoms. The van der Waals surface area contributed by atoms with Crippen LogP contribution in [0.2, 0.25) is 0 Å². The second-order valence-corrected chi connectivity index (χ2v) is 9.34. The van der Waals surface area contributed by atoms with E-state index in [1.165, 1.54) is 34.7 Å². The average Bonchev–Trinajstić information content (AvgIpc) is 2.75. The second-order valence-electron chi connectivity index (χ2n) is 9.34. The van der Waals surface area contributed by atoms with E-state index in [4.69, 9.17) is 10.1 Å². The van der Waals surface area contributed by atoms with Crippen molar-refractivity contribution in [1.29, 1.82) is 0 Å². The van der Waals surface area contributed by atoms with Crippen LogP contribution >= 0.6 is 0 Å². The molecule has 1 unspecified atom stereocenters. The first-order chi connectivity index (χ1) is 14.5. The molecule has 1 N–H and O–H groups in total. The van der Waals surface area contributed by atoms with Crippen molar-refractivity contribution in [1.82, 2.24) is 9.88 Å². The van der Waals surface area contributed by atoms with Crippen molar-refractivity contribution in [2.45, 2.75) is 70.6 Å². The van der Waals surface area contributed by atoms with E-state index < -0.39 is 5.97 Å². The van der Waals surface area contributed by atoms with Crippen molar-refractivity contribution < 1.29 is 19.5 Å². The molecule has 1 atom stereocenters. The van der Waals surface area contributed by atoms with Gasteiger partial charge in [0, 0.05) is 36.2 Å².